The van der Waals surface area contributed by atoms with Gasteiger partial charge in [-0.3, -0.25) is 0 Å². The lowest BCUT2D eigenvalue weighted by Crippen LogP contribution is -2.50. The Morgan fingerprint density at radius 1 is 1.00 bits per heavy atom. The molecule has 3 nitrogen and oxygen atoms in total. The molecule has 1 heterocycles. The van der Waals surface area contributed by atoms with E-state index in [1.165, 1.54) is 63.8 Å². The van der Waals surface area contributed by atoms with E-state index in [0.29, 0.717) is 6.10 Å². The first kappa shape index (κ1) is 20.1. The lowest BCUT2D eigenvalue weighted by molar-refractivity contribution is 0.116. The molecular formula is C20H40O3Si2. The molecule has 1 aliphatic heterocycles. The monoisotopic (exact) mass is 384 g/mol. The highest BCUT2D eigenvalue weighted by Gasteiger charge is 2.49. The van der Waals surface area contributed by atoms with E-state index >= 15 is 0 Å². The third-order valence-electron chi connectivity index (χ3n) is 7.20. The van der Waals surface area contributed by atoms with Crippen LogP contribution >= 0.6 is 0 Å². The van der Waals surface area contributed by atoms with Gasteiger partial charge in [0.2, 0.25) is 0 Å². The van der Waals surface area contributed by atoms with Gasteiger partial charge in [-0.2, -0.15) is 0 Å². The Hall–Kier alpha value is 0.314. The predicted octanol–water partition coefficient (Wildman–Crippen LogP) is 4.20. The number of hydrogen-bond acceptors (Lipinski definition) is 3. The summed E-state index contributed by atoms with van der Waals surface area (Å²) in [6, 6.07) is 1.34. The van der Waals surface area contributed by atoms with Crippen LogP contribution in [0, 0.1) is 11.8 Å². The van der Waals surface area contributed by atoms with E-state index in [0.717, 1.165) is 53.2 Å². The summed E-state index contributed by atoms with van der Waals surface area (Å²) in [4.78, 5) is 0. The van der Waals surface area contributed by atoms with E-state index < -0.39 is 8.32 Å². The van der Waals surface area contributed by atoms with Crippen LogP contribution in [-0.4, -0.2) is 44.7 Å². The summed E-state index contributed by atoms with van der Waals surface area (Å²) in [6.07, 6.45) is 13.1. The fourth-order valence-corrected chi connectivity index (χ4v) is 14.4. The van der Waals surface area contributed by atoms with Gasteiger partial charge < -0.3 is 13.6 Å². The Balaban J connectivity index is 1.63. The predicted molar refractivity (Wildman–Crippen MR) is 110 cm³/mol. The van der Waals surface area contributed by atoms with Gasteiger partial charge in [0.1, 0.15) is 16.6 Å². The molecule has 0 N–H and O–H groups in total. The average molecular weight is 385 g/mol. The van der Waals surface area contributed by atoms with Crippen molar-refractivity contribution in [1.29, 1.82) is 0 Å². The standard InChI is InChI=1S/C20H40O3Si2/c1-16-6-3-8-19(12-16)25(23-24,20-9-4-7-17(2)13-20)11-5-10-21-14-18-15-22-18/h16-20H,3-15H2,1-2,24H3. The third kappa shape index (κ3) is 5.41. The quantitative estimate of drug-likeness (QED) is 0.339. The lowest BCUT2D eigenvalue weighted by Gasteiger charge is -2.48. The molecule has 146 valence electrons. The van der Waals surface area contributed by atoms with E-state index in [9.17, 15) is 0 Å². The van der Waals surface area contributed by atoms with Crippen molar-refractivity contribution in [2.75, 3.05) is 19.8 Å². The zero-order valence-corrected chi connectivity index (χ0v) is 19.8. The summed E-state index contributed by atoms with van der Waals surface area (Å²) in [5.41, 5.74) is 1.83. The SMILES string of the molecule is CC1CCCC([Si](CCCOCC2CO2)(O[SiH3])C2CCCC(C)C2)C1. The molecule has 0 aromatic rings. The van der Waals surface area contributed by atoms with Gasteiger partial charge in [-0.25, -0.2) is 0 Å². The zero-order chi connectivity index (χ0) is 17.7. The highest BCUT2D eigenvalue weighted by molar-refractivity contribution is 6.79. The van der Waals surface area contributed by atoms with E-state index in [4.69, 9.17) is 13.6 Å². The smallest absolute Gasteiger partial charge is 0.185 e. The van der Waals surface area contributed by atoms with Crippen molar-refractivity contribution < 1.29 is 13.6 Å². The first-order chi connectivity index (χ1) is 12.1. The molecule has 25 heavy (non-hydrogen) atoms. The van der Waals surface area contributed by atoms with Crippen LogP contribution in [0.1, 0.15) is 71.6 Å². The second-order valence-electron chi connectivity index (χ2n) is 9.23. The van der Waals surface area contributed by atoms with Crippen molar-refractivity contribution in [3.63, 3.8) is 0 Å². The first-order valence-corrected chi connectivity index (χ1v) is 14.0. The Labute approximate surface area is 159 Å². The first-order valence-electron chi connectivity index (χ1n) is 10.9. The van der Waals surface area contributed by atoms with Crippen LogP contribution in [0.2, 0.25) is 17.1 Å². The van der Waals surface area contributed by atoms with Crippen LogP contribution in [0.4, 0.5) is 0 Å². The highest BCUT2D eigenvalue weighted by Crippen LogP contribution is 2.52. The van der Waals surface area contributed by atoms with Crippen LogP contribution in [0.15, 0.2) is 0 Å². The molecule has 3 rings (SSSR count). The zero-order valence-electron chi connectivity index (χ0n) is 16.8. The minimum atomic E-state index is -1.66. The fourth-order valence-electron chi connectivity index (χ4n) is 5.76. The maximum absolute atomic E-state index is 6.75. The molecular weight excluding hydrogens is 344 g/mol. The van der Waals surface area contributed by atoms with Gasteiger partial charge in [-0.15, -0.1) is 0 Å². The number of rotatable bonds is 9. The second kappa shape index (κ2) is 9.49. The Morgan fingerprint density at radius 3 is 2.08 bits per heavy atom. The Bertz CT molecular complexity index is 380. The number of epoxide rings is 1. The van der Waals surface area contributed by atoms with Gasteiger partial charge in [-0.05, 0) is 48.2 Å². The molecule has 5 atom stereocenters. The van der Waals surface area contributed by atoms with Crippen LogP contribution in [0.25, 0.3) is 0 Å². The lowest BCUT2D eigenvalue weighted by atomic mass is 9.90. The van der Waals surface area contributed by atoms with E-state index in [-0.39, 0.29) is 0 Å². The molecule has 0 radical (unpaired) electrons. The highest BCUT2D eigenvalue weighted by atomic mass is 28.4. The topological polar surface area (TPSA) is 31.0 Å². The van der Waals surface area contributed by atoms with E-state index in [2.05, 4.69) is 13.8 Å². The second-order valence-corrected chi connectivity index (χ2v) is 14.9. The van der Waals surface area contributed by atoms with Crippen molar-refractivity contribution >= 4 is 18.8 Å². The average Bonchev–Trinajstić information content (AvgIpc) is 3.43. The molecule has 3 aliphatic rings. The summed E-state index contributed by atoms with van der Waals surface area (Å²) in [5, 5.41) is 0. The molecule has 5 unspecified atom stereocenters. The molecule has 0 aromatic carbocycles. The maximum atomic E-state index is 6.75. The van der Waals surface area contributed by atoms with Crippen molar-refractivity contribution in [3.8, 4) is 0 Å². The van der Waals surface area contributed by atoms with Gasteiger partial charge >= 0.3 is 0 Å². The van der Waals surface area contributed by atoms with Crippen molar-refractivity contribution in [2.45, 2.75) is 94.9 Å². The van der Waals surface area contributed by atoms with Gasteiger partial charge in [0.15, 0.2) is 8.32 Å². The summed E-state index contributed by atoms with van der Waals surface area (Å²) in [6.45, 7) is 7.56. The minimum Gasteiger partial charge on any atom is -0.463 e. The molecule has 0 aromatic heterocycles. The normalized spacial score (nSPS) is 38.4. The van der Waals surface area contributed by atoms with Gasteiger partial charge in [-0.1, -0.05) is 52.4 Å². The molecule has 0 spiro atoms. The summed E-state index contributed by atoms with van der Waals surface area (Å²) in [5.74, 6) is 1.82. The van der Waals surface area contributed by atoms with E-state index in [1.807, 2.05) is 0 Å². The van der Waals surface area contributed by atoms with Gasteiger partial charge in [0.05, 0.1) is 13.2 Å². The molecule has 2 saturated carbocycles. The molecule has 5 heteroatoms. The molecule has 1 saturated heterocycles. The van der Waals surface area contributed by atoms with Crippen LogP contribution in [-0.2, 0) is 13.6 Å². The van der Waals surface area contributed by atoms with Crippen LogP contribution in [0.3, 0.4) is 0 Å². The Kier molecular flexibility index (Phi) is 7.62. The summed E-state index contributed by atoms with van der Waals surface area (Å²) in [7, 11) is -0.735. The maximum Gasteiger partial charge on any atom is 0.185 e. The molecule has 0 amide bonds. The van der Waals surface area contributed by atoms with Crippen LogP contribution in [0.5, 0.6) is 0 Å². The largest absolute Gasteiger partial charge is 0.463 e. The number of hydrogen-bond donors (Lipinski definition) is 0. The van der Waals surface area contributed by atoms with E-state index in [1.54, 1.807) is 0 Å². The van der Waals surface area contributed by atoms with Crippen molar-refractivity contribution in [3.05, 3.63) is 0 Å². The van der Waals surface area contributed by atoms with Crippen LogP contribution < -0.4 is 0 Å². The molecule has 2 aliphatic carbocycles. The summed E-state index contributed by atoms with van der Waals surface area (Å²) >= 11 is 0. The Morgan fingerprint density at radius 2 is 1.60 bits per heavy atom. The van der Waals surface area contributed by atoms with Crippen molar-refractivity contribution in [2.24, 2.45) is 11.8 Å². The van der Waals surface area contributed by atoms with Crippen molar-refractivity contribution in [1.82, 2.24) is 0 Å². The number of ether oxygens (including phenoxy) is 2. The van der Waals surface area contributed by atoms with Gasteiger partial charge in [0, 0.05) is 6.61 Å². The third-order valence-corrected chi connectivity index (χ3v) is 15.2. The van der Waals surface area contributed by atoms with Gasteiger partial charge in [0.25, 0.3) is 0 Å². The molecule has 0 bridgehead atoms. The fraction of sp³-hybridized carbons (Fsp3) is 1.00. The minimum absolute atomic E-state index is 0.398. The summed E-state index contributed by atoms with van der Waals surface area (Å²) < 4.78 is 17.9. The molecule has 3 fully saturated rings.